The summed E-state index contributed by atoms with van der Waals surface area (Å²) in [5.74, 6) is 1.69. The lowest BCUT2D eigenvalue weighted by molar-refractivity contribution is 0.448. The third kappa shape index (κ3) is 6.43. The predicted molar refractivity (Wildman–Crippen MR) is 127 cm³/mol. The lowest BCUT2D eigenvalue weighted by atomic mass is 10.0. The zero-order valence-electron chi connectivity index (χ0n) is 18.1. The zero-order chi connectivity index (χ0) is 23.2. The third-order valence-corrected chi connectivity index (χ3v) is 5.36. The van der Waals surface area contributed by atoms with Gasteiger partial charge in [-0.15, -0.1) is 0 Å². The van der Waals surface area contributed by atoms with Crippen molar-refractivity contribution in [2.45, 2.75) is 25.7 Å². The minimum Gasteiger partial charge on any atom is -0.508 e. The van der Waals surface area contributed by atoms with Crippen molar-refractivity contribution in [2.75, 3.05) is 0 Å². The molecule has 0 amide bonds. The Morgan fingerprint density at radius 3 is 1.58 bits per heavy atom. The number of aryl methyl sites for hydroxylation is 4. The van der Waals surface area contributed by atoms with Crippen LogP contribution in [-0.2, 0) is 25.7 Å². The molecule has 4 aromatic rings. The fourth-order valence-corrected chi connectivity index (χ4v) is 3.84. The van der Waals surface area contributed by atoms with E-state index in [2.05, 4.69) is 0 Å². The Hall–Kier alpha value is -4.12. The molecule has 0 aliphatic heterocycles. The minimum atomic E-state index is 0.0471. The molecule has 5 heteroatoms. The van der Waals surface area contributed by atoms with E-state index in [1.807, 2.05) is 42.5 Å². The number of phenols is 4. The second-order valence-corrected chi connectivity index (χ2v) is 8.11. The number of benzene rings is 4. The van der Waals surface area contributed by atoms with Crippen LogP contribution in [0.2, 0.25) is 0 Å². The molecular formula is C28H26O5. The summed E-state index contributed by atoms with van der Waals surface area (Å²) in [5.41, 5.74) is 3.87. The molecule has 168 valence electrons. The molecule has 0 bridgehead atoms. The first-order valence-electron chi connectivity index (χ1n) is 10.8. The number of ether oxygens (including phenoxy) is 1. The van der Waals surface area contributed by atoms with Crippen LogP contribution < -0.4 is 4.74 Å². The maximum atomic E-state index is 10.2. The molecule has 0 atom stereocenters. The maximum Gasteiger partial charge on any atom is 0.131 e. The van der Waals surface area contributed by atoms with Crippen molar-refractivity contribution in [1.29, 1.82) is 0 Å². The van der Waals surface area contributed by atoms with E-state index in [0.29, 0.717) is 24.3 Å². The molecule has 0 aliphatic carbocycles. The van der Waals surface area contributed by atoms with Gasteiger partial charge in [0, 0.05) is 12.1 Å². The molecule has 4 aromatic carbocycles. The molecule has 0 saturated carbocycles. The van der Waals surface area contributed by atoms with E-state index in [1.165, 1.54) is 6.07 Å². The molecule has 0 spiro atoms. The van der Waals surface area contributed by atoms with Crippen molar-refractivity contribution >= 4 is 0 Å². The maximum absolute atomic E-state index is 10.2. The lowest BCUT2D eigenvalue weighted by Crippen LogP contribution is -1.94. The molecule has 0 radical (unpaired) electrons. The Morgan fingerprint density at radius 2 is 0.909 bits per heavy atom. The van der Waals surface area contributed by atoms with Gasteiger partial charge in [-0.2, -0.15) is 0 Å². The predicted octanol–water partition coefficient (Wildman–Crippen LogP) is 5.87. The van der Waals surface area contributed by atoms with Crippen molar-refractivity contribution in [1.82, 2.24) is 0 Å². The van der Waals surface area contributed by atoms with E-state index in [-0.39, 0.29) is 23.0 Å². The van der Waals surface area contributed by atoms with E-state index in [4.69, 9.17) is 4.74 Å². The van der Waals surface area contributed by atoms with Crippen molar-refractivity contribution < 1.29 is 25.2 Å². The van der Waals surface area contributed by atoms with Crippen LogP contribution >= 0.6 is 0 Å². The van der Waals surface area contributed by atoms with Crippen LogP contribution in [0.4, 0.5) is 0 Å². The van der Waals surface area contributed by atoms with E-state index in [0.717, 1.165) is 35.1 Å². The molecule has 0 aliphatic rings. The fourth-order valence-electron chi connectivity index (χ4n) is 3.84. The normalized spacial score (nSPS) is 10.8. The average molecular weight is 443 g/mol. The van der Waals surface area contributed by atoms with E-state index < -0.39 is 0 Å². The van der Waals surface area contributed by atoms with E-state index in [9.17, 15) is 20.4 Å². The summed E-state index contributed by atoms with van der Waals surface area (Å²) in [5, 5.41) is 39.1. The molecule has 0 saturated heterocycles. The molecule has 4 rings (SSSR count). The monoisotopic (exact) mass is 442 g/mol. The van der Waals surface area contributed by atoms with Gasteiger partial charge in [-0.1, -0.05) is 24.3 Å². The number of hydrogen-bond donors (Lipinski definition) is 4. The molecule has 5 nitrogen and oxygen atoms in total. The Kier molecular flexibility index (Phi) is 6.69. The van der Waals surface area contributed by atoms with Gasteiger partial charge < -0.3 is 25.2 Å². The number of aromatic hydroxyl groups is 4. The lowest BCUT2D eigenvalue weighted by Gasteiger charge is -2.11. The standard InChI is InChI=1S/C28H26O5/c29-23-5-1-3-19(11-23)7-10-22-14-26(32)18-28(16-22)33-27-6-2-4-20(15-27)8-9-21-12-24(30)17-25(31)13-21/h1-6,11-18,29-32H,7-10H2. The Bertz CT molecular complexity index is 1230. The molecular weight excluding hydrogens is 416 g/mol. The van der Waals surface area contributed by atoms with Crippen LogP contribution in [0.15, 0.2) is 84.9 Å². The topological polar surface area (TPSA) is 90.2 Å². The third-order valence-electron chi connectivity index (χ3n) is 5.36. The first-order chi connectivity index (χ1) is 15.9. The number of phenolic OH excluding ortho intramolecular Hbond substituents is 4. The van der Waals surface area contributed by atoms with E-state index in [1.54, 1.807) is 36.4 Å². The Labute approximate surface area is 192 Å². The second-order valence-electron chi connectivity index (χ2n) is 8.11. The van der Waals surface area contributed by atoms with Gasteiger partial charge in [0.15, 0.2) is 0 Å². The van der Waals surface area contributed by atoms with Gasteiger partial charge in [0.25, 0.3) is 0 Å². The summed E-state index contributed by atoms with van der Waals surface area (Å²) >= 11 is 0. The number of hydrogen-bond acceptors (Lipinski definition) is 5. The Balaban J connectivity index is 1.42. The molecule has 0 aromatic heterocycles. The Morgan fingerprint density at radius 1 is 0.424 bits per heavy atom. The quantitative estimate of drug-likeness (QED) is 0.274. The van der Waals surface area contributed by atoms with Crippen LogP contribution in [0.25, 0.3) is 0 Å². The summed E-state index contributed by atoms with van der Waals surface area (Å²) in [4.78, 5) is 0. The molecule has 4 N–H and O–H groups in total. The first kappa shape index (κ1) is 22.1. The summed E-state index contributed by atoms with van der Waals surface area (Å²) in [7, 11) is 0. The number of rotatable bonds is 8. The van der Waals surface area contributed by atoms with Gasteiger partial charge in [0.05, 0.1) is 0 Å². The molecule has 0 unspecified atom stereocenters. The van der Waals surface area contributed by atoms with Crippen molar-refractivity contribution in [2.24, 2.45) is 0 Å². The highest BCUT2D eigenvalue weighted by molar-refractivity contribution is 5.42. The van der Waals surface area contributed by atoms with Gasteiger partial charge >= 0.3 is 0 Å². The van der Waals surface area contributed by atoms with Crippen LogP contribution in [0.1, 0.15) is 22.3 Å². The molecule has 0 fully saturated rings. The van der Waals surface area contributed by atoms with Gasteiger partial charge in [-0.05, 0) is 96.5 Å². The van der Waals surface area contributed by atoms with E-state index >= 15 is 0 Å². The van der Waals surface area contributed by atoms with Crippen molar-refractivity contribution in [3.05, 3.63) is 107 Å². The largest absolute Gasteiger partial charge is 0.508 e. The van der Waals surface area contributed by atoms with Crippen molar-refractivity contribution in [3.8, 4) is 34.5 Å². The van der Waals surface area contributed by atoms with Crippen molar-refractivity contribution in [3.63, 3.8) is 0 Å². The van der Waals surface area contributed by atoms with Crippen LogP contribution in [0.3, 0.4) is 0 Å². The van der Waals surface area contributed by atoms with Gasteiger partial charge in [0.1, 0.15) is 34.5 Å². The highest BCUT2D eigenvalue weighted by atomic mass is 16.5. The van der Waals surface area contributed by atoms with Crippen LogP contribution in [-0.4, -0.2) is 20.4 Å². The summed E-state index contributed by atoms with van der Waals surface area (Å²) in [6.07, 6.45) is 2.81. The highest BCUT2D eigenvalue weighted by Crippen LogP contribution is 2.29. The molecule has 33 heavy (non-hydrogen) atoms. The molecule has 0 heterocycles. The van der Waals surface area contributed by atoms with Crippen LogP contribution in [0.5, 0.6) is 34.5 Å². The first-order valence-corrected chi connectivity index (χ1v) is 10.8. The average Bonchev–Trinajstić information content (AvgIpc) is 2.76. The second kappa shape index (κ2) is 10.0. The van der Waals surface area contributed by atoms with Crippen LogP contribution in [0, 0.1) is 0 Å². The van der Waals surface area contributed by atoms with Gasteiger partial charge in [-0.3, -0.25) is 0 Å². The summed E-state index contributed by atoms with van der Waals surface area (Å²) < 4.78 is 6.02. The van der Waals surface area contributed by atoms with Gasteiger partial charge in [0.2, 0.25) is 0 Å². The SMILES string of the molecule is Oc1cccc(CCc2cc(O)cc(Oc3cccc(CCc4cc(O)cc(O)c4)c3)c2)c1. The minimum absolute atomic E-state index is 0.0471. The fraction of sp³-hybridized carbons (Fsp3) is 0.143. The van der Waals surface area contributed by atoms with Gasteiger partial charge in [-0.25, -0.2) is 0 Å². The summed E-state index contributed by atoms with van der Waals surface area (Å²) in [6, 6.07) is 24.7. The highest BCUT2D eigenvalue weighted by Gasteiger charge is 2.06. The smallest absolute Gasteiger partial charge is 0.131 e. The summed E-state index contributed by atoms with van der Waals surface area (Å²) in [6.45, 7) is 0. The zero-order valence-corrected chi connectivity index (χ0v) is 18.1.